The summed E-state index contributed by atoms with van der Waals surface area (Å²) in [5.41, 5.74) is 0.380. The van der Waals surface area contributed by atoms with Gasteiger partial charge in [-0.05, 0) is 13.8 Å². The fourth-order valence-corrected chi connectivity index (χ4v) is 3.69. The van der Waals surface area contributed by atoms with Crippen LogP contribution in [0.15, 0.2) is 9.42 Å². The van der Waals surface area contributed by atoms with Crippen LogP contribution in [-0.2, 0) is 10.0 Å². The Bertz CT molecular complexity index is 468. The molecule has 1 N–H and O–H groups in total. The van der Waals surface area contributed by atoms with E-state index >= 15 is 0 Å². The lowest BCUT2D eigenvalue weighted by Crippen LogP contribution is -2.51. The first-order chi connectivity index (χ1) is 7.46. The molecule has 0 saturated carbocycles. The number of hydrogen-bond donors (Lipinski definition) is 1. The monoisotopic (exact) mass is 246 g/mol. The summed E-state index contributed by atoms with van der Waals surface area (Å²) in [6, 6.07) is 0. The number of hydrogen-bond acceptors (Lipinski definition) is 5. The van der Waals surface area contributed by atoms with Crippen molar-refractivity contribution in [1.29, 1.82) is 0 Å². The first-order valence-corrected chi connectivity index (χ1v) is 6.44. The smallest absolute Gasteiger partial charge is 0.248 e. The Hall–Kier alpha value is -0.920. The predicted molar refractivity (Wildman–Crippen MR) is 55.3 cm³/mol. The van der Waals surface area contributed by atoms with E-state index in [1.807, 2.05) is 0 Å². The van der Waals surface area contributed by atoms with Gasteiger partial charge in [0.2, 0.25) is 10.0 Å². The van der Waals surface area contributed by atoms with Crippen LogP contribution in [0.25, 0.3) is 0 Å². The van der Waals surface area contributed by atoms with Crippen LogP contribution in [0.4, 0.5) is 0 Å². The number of aliphatic hydroxyl groups excluding tert-OH is 1. The molecule has 0 bridgehead atoms. The van der Waals surface area contributed by atoms with E-state index in [1.54, 1.807) is 13.8 Å². The minimum absolute atomic E-state index is 0.0214. The second-order valence-corrected chi connectivity index (χ2v) is 5.90. The molecule has 0 aromatic carbocycles. The average Bonchev–Trinajstić information content (AvgIpc) is 2.44. The molecule has 1 aromatic rings. The second-order valence-electron chi connectivity index (χ2n) is 4.02. The number of aromatic nitrogens is 1. The van der Waals surface area contributed by atoms with Crippen molar-refractivity contribution in [3.63, 3.8) is 0 Å². The van der Waals surface area contributed by atoms with Gasteiger partial charge in [0, 0.05) is 25.6 Å². The van der Waals surface area contributed by atoms with Gasteiger partial charge < -0.3 is 9.63 Å². The molecular weight excluding hydrogens is 232 g/mol. The molecule has 0 spiro atoms. The molecule has 0 amide bonds. The number of aryl methyl sites for hydroxylation is 2. The van der Waals surface area contributed by atoms with Gasteiger partial charge in [-0.25, -0.2) is 8.42 Å². The van der Waals surface area contributed by atoms with E-state index in [-0.39, 0.29) is 17.4 Å². The number of rotatable bonds is 3. The lowest BCUT2D eigenvalue weighted by molar-refractivity contribution is 0.117. The number of aliphatic hydroxyl groups is 1. The van der Waals surface area contributed by atoms with Gasteiger partial charge in [-0.2, -0.15) is 4.31 Å². The molecule has 16 heavy (non-hydrogen) atoms. The van der Waals surface area contributed by atoms with E-state index in [0.29, 0.717) is 24.5 Å². The van der Waals surface area contributed by atoms with Crippen LogP contribution in [-0.4, -0.2) is 42.7 Å². The fraction of sp³-hybridized carbons (Fsp3) is 0.667. The third-order valence-electron chi connectivity index (χ3n) is 2.75. The van der Waals surface area contributed by atoms with Gasteiger partial charge in [-0.1, -0.05) is 5.16 Å². The van der Waals surface area contributed by atoms with Crippen LogP contribution in [0.1, 0.15) is 11.5 Å². The predicted octanol–water partition coefficient (Wildman–Crippen LogP) is -0.0958. The molecule has 1 saturated heterocycles. The Labute approximate surface area is 93.9 Å². The van der Waals surface area contributed by atoms with E-state index in [4.69, 9.17) is 9.63 Å². The van der Waals surface area contributed by atoms with Crippen LogP contribution >= 0.6 is 0 Å². The van der Waals surface area contributed by atoms with Crippen molar-refractivity contribution in [2.45, 2.75) is 18.7 Å². The van der Waals surface area contributed by atoms with Crippen molar-refractivity contribution in [3.05, 3.63) is 11.5 Å². The maximum atomic E-state index is 12.1. The van der Waals surface area contributed by atoms with Crippen LogP contribution in [0, 0.1) is 19.8 Å². The highest BCUT2D eigenvalue weighted by atomic mass is 32.2. The molecule has 1 aliphatic heterocycles. The largest absolute Gasteiger partial charge is 0.396 e. The van der Waals surface area contributed by atoms with Crippen LogP contribution in [0.3, 0.4) is 0 Å². The minimum Gasteiger partial charge on any atom is -0.396 e. The molecule has 1 aliphatic rings. The number of nitrogens with zero attached hydrogens (tertiary/aromatic N) is 2. The molecule has 0 unspecified atom stereocenters. The van der Waals surface area contributed by atoms with Crippen molar-refractivity contribution in [2.24, 2.45) is 5.92 Å². The maximum absolute atomic E-state index is 12.1. The first kappa shape index (κ1) is 11.6. The molecule has 2 rings (SSSR count). The summed E-state index contributed by atoms with van der Waals surface area (Å²) in [7, 11) is -3.50. The Morgan fingerprint density at radius 3 is 2.56 bits per heavy atom. The van der Waals surface area contributed by atoms with Crippen molar-refractivity contribution in [1.82, 2.24) is 9.46 Å². The van der Waals surface area contributed by atoms with Crippen molar-refractivity contribution >= 4 is 10.0 Å². The lowest BCUT2D eigenvalue weighted by atomic mass is 10.1. The van der Waals surface area contributed by atoms with Crippen LogP contribution in [0.2, 0.25) is 0 Å². The Morgan fingerprint density at radius 2 is 2.12 bits per heavy atom. The topological polar surface area (TPSA) is 83.6 Å². The average molecular weight is 246 g/mol. The first-order valence-electron chi connectivity index (χ1n) is 5.00. The molecule has 90 valence electrons. The second kappa shape index (κ2) is 3.83. The zero-order valence-corrected chi connectivity index (χ0v) is 9.99. The van der Waals surface area contributed by atoms with Gasteiger partial charge in [0.1, 0.15) is 10.6 Å². The summed E-state index contributed by atoms with van der Waals surface area (Å²) in [4.78, 5) is 0.156. The molecule has 2 heterocycles. The van der Waals surface area contributed by atoms with Gasteiger partial charge in [-0.3, -0.25) is 0 Å². The highest BCUT2D eigenvalue weighted by Gasteiger charge is 2.39. The Kier molecular flexibility index (Phi) is 2.77. The van der Waals surface area contributed by atoms with Gasteiger partial charge in [0.15, 0.2) is 5.76 Å². The quantitative estimate of drug-likeness (QED) is 0.805. The zero-order chi connectivity index (χ0) is 11.9. The summed E-state index contributed by atoms with van der Waals surface area (Å²) in [5.74, 6) is 0.361. The molecule has 7 heteroatoms. The molecule has 0 atom stereocenters. The van der Waals surface area contributed by atoms with E-state index in [1.165, 1.54) is 4.31 Å². The third kappa shape index (κ3) is 1.64. The SMILES string of the molecule is Cc1noc(C)c1S(=O)(=O)N1CC(CO)C1. The van der Waals surface area contributed by atoms with Crippen molar-refractivity contribution < 1.29 is 18.0 Å². The Balaban J connectivity index is 2.28. The summed E-state index contributed by atoms with van der Waals surface area (Å²) in [6.07, 6.45) is 0. The number of sulfonamides is 1. The maximum Gasteiger partial charge on any atom is 0.248 e. The normalized spacial score (nSPS) is 18.7. The van der Waals surface area contributed by atoms with E-state index in [9.17, 15) is 8.42 Å². The summed E-state index contributed by atoms with van der Waals surface area (Å²) < 4.78 is 30.4. The standard InChI is InChI=1S/C9H14N2O4S/c1-6-9(7(2)15-10-6)16(13,14)11-3-8(4-11)5-12/h8,12H,3-5H2,1-2H3. The molecule has 1 fully saturated rings. The fourth-order valence-electron chi connectivity index (χ4n) is 1.81. The lowest BCUT2D eigenvalue weighted by Gasteiger charge is -2.36. The van der Waals surface area contributed by atoms with Crippen LogP contribution < -0.4 is 0 Å². The van der Waals surface area contributed by atoms with Crippen molar-refractivity contribution in [3.8, 4) is 0 Å². The van der Waals surface area contributed by atoms with Gasteiger partial charge in [-0.15, -0.1) is 0 Å². The minimum atomic E-state index is -3.50. The molecule has 0 aliphatic carbocycles. The highest BCUT2D eigenvalue weighted by molar-refractivity contribution is 7.89. The van der Waals surface area contributed by atoms with E-state index in [0.717, 1.165) is 0 Å². The summed E-state index contributed by atoms with van der Waals surface area (Å²) in [6.45, 7) is 3.93. The van der Waals surface area contributed by atoms with Crippen LogP contribution in [0.5, 0.6) is 0 Å². The molecule has 1 aromatic heterocycles. The van der Waals surface area contributed by atoms with Crippen molar-refractivity contribution in [2.75, 3.05) is 19.7 Å². The molecule has 0 radical (unpaired) electrons. The summed E-state index contributed by atoms with van der Waals surface area (Å²) in [5, 5.41) is 12.5. The zero-order valence-electron chi connectivity index (χ0n) is 9.17. The van der Waals surface area contributed by atoms with E-state index in [2.05, 4.69) is 5.16 Å². The van der Waals surface area contributed by atoms with Gasteiger partial charge >= 0.3 is 0 Å². The molecule has 6 nitrogen and oxygen atoms in total. The molecular formula is C9H14N2O4S. The van der Waals surface area contributed by atoms with Gasteiger partial charge in [0.25, 0.3) is 0 Å². The summed E-state index contributed by atoms with van der Waals surface area (Å²) >= 11 is 0. The third-order valence-corrected chi connectivity index (χ3v) is 4.82. The highest BCUT2D eigenvalue weighted by Crippen LogP contribution is 2.28. The Morgan fingerprint density at radius 1 is 1.50 bits per heavy atom. The van der Waals surface area contributed by atoms with Gasteiger partial charge in [0.05, 0.1) is 0 Å². The van der Waals surface area contributed by atoms with E-state index < -0.39 is 10.0 Å².